The fourth-order valence-electron chi connectivity index (χ4n) is 2.71. The maximum atomic E-state index is 3.58. The first-order chi connectivity index (χ1) is 9.78. The monoisotopic (exact) mass is 306 g/mol. The van der Waals surface area contributed by atoms with E-state index in [1.165, 1.54) is 22.6 Å². The van der Waals surface area contributed by atoms with E-state index in [-0.39, 0.29) is 5.54 Å². The quantitative estimate of drug-likeness (QED) is 0.900. The second kappa shape index (κ2) is 6.62. The number of rotatable bonds is 3. The molecule has 1 aromatic carbocycles. The molecule has 2 nitrogen and oxygen atoms in total. The van der Waals surface area contributed by atoms with Gasteiger partial charge in [-0.1, -0.05) is 13.0 Å². The predicted molar refractivity (Wildman–Crippen MR) is 96.5 cm³/mol. The number of nitrogens with one attached hydrogen (secondary N) is 1. The van der Waals surface area contributed by atoms with Gasteiger partial charge in [-0.05, 0) is 57.9 Å². The largest absolute Gasteiger partial charge is 0.367 e. The Morgan fingerprint density at radius 3 is 2.62 bits per heavy atom. The highest BCUT2D eigenvalue weighted by Crippen LogP contribution is 2.30. The molecule has 0 spiro atoms. The minimum Gasteiger partial charge on any atom is -0.367 e. The summed E-state index contributed by atoms with van der Waals surface area (Å²) in [5.41, 5.74) is 4.34. The van der Waals surface area contributed by atoms with E-state index in [1.54, 1.807) is 0 Å². The summed E-state index contributed by atoms with van der Waals surface area (Å²) in [5, 5.41) is 4.29. The van der Waals surface area contributed by atoms with E-state index in [9.17, 15) is 0 Å². The highest BCUT2D eigenvalue weighted by atomic mass is 32.2. The van der Waals surface area contributed by atoms with Crippen LogP contribution in [-0.4, -0.2) is 29.1 Å². The third-order valence-corrected chi connectivity index (χ3v) is 5.69. The number of nitrogens with zero attached hydrogens (tertiary/aromatic N) is 1. The number of benzene rings is 1. The van der Waals surface area contributed by atoms with Gasteiger partial charge in [0.2, 0.25) is 0 Å². The molecular weight excluding hydrogens is 276 g/mol. The molecule has 2 atom stereocenters. The molecule has 0 bridgehead atoms. The zero-order valence-electron chi connectivity index (χ0n) is 14.4. The molecule has 118 valence electrons. The van der Waals surface area contributed by atoms with Crippen LogP contribution in [0.1, 0.15) is 45.7 Å². The molecule has 0 amide bonds. The van der Waals surface area contributed by atoms with Crippen LogP contribution in [0.15, 0.2) is 18.2 Å². The zero-order chi connectivity index (χ0) is 15.6. The van der Waals surface area contributed by atoms with Crippen LogP contribution >= 0.6 is 11.8 Å². The Balaban J connectivity index is 2.11. The molecule has 1 N–H and O–H groups in total. The van der Waals surface area contributed by atoms with Gasteiger partial charge >= 0.3 is 0 Å². The van der Waals surface area contributed by atoms with Crippen LogP contribution in [0.4, 0.5) is 5.69 Å². The standard InChI is InChI=1S/C18H30N2S/c1-13-11-17(20-9-10-21-15(3)14(20)2)8-7-16(13)12-19-18(4,5)6/h7-8,11,14-15,19H,9-10,12H2,1-6H3. The van der Waals surface area contributed by atoms with Gasteiger partial charge in [-0.2, -0.15) is 11.8 Å². The lowest BCUT2D eigenvalue weighted by atomic mass is 10.0. The predicted octanol–water partition coefficient (Wildman–Crippen LogP) is 4.21. The van der Waals surface area contributed by atoms with Crippen molar-refractivity contribution in [2.75, 3.05) is 17.2 Å². The third-order valence-electron chi connectivity index (χ3n) is 4.35. The third kappa shape index (κ3) is 4.40. The van der Waals surface area contributed by atoms with Crippen molar-refractivity contribution in [3.63, 3.8) is 0 Å². The molecule has 3 heteroatoms. The van der Waals surface area contributed by atoms with Crippen molar-refractivity contribution >= 4 is 17.4 Å². The number of thioether (sulfide) groups is 1. The minimum atomic E-state index is 0.166. The van der Waals surface area contributed by atoms with E-state index in [2.05, 4.69) is 81.7 Å². The smallest absolute Gasteiger partial charge is 0.0378 e. The lowest BCUT2D eigenvalue weighted by molar-refractivity contribution is 0.424. The summed E-state index contributed by atoms with van der Waals surface area (Å²) in [4.78, 5) is 2.56. The number of hydrogen-bond donors (Lipinski definition) is 1. The normalized spacial score (nSPS) is 23.4. The van der Waals surface area contributed by atoms with Gasteiger partial charge in [-0.3, -0.25) is 0 Å². The van der Waals surface area contributed by atoms with Gasteiger partial charge in [0, 0.05) is 41.4 Å². The summed E-state index contributed by atoms with van der Waals surface area (Å²) in [6.45, 7) is 15.7. The SMILES string of the molecule is Cc1cc(N2CCSC(C)C2C)ccc1CNC(C)(C)C. The lowest BCUT2D eigenvalue weighted by Gasteiger charge is -2.39. The number of aryl methyl sites for hydroxylation is 1. The van der Waals surface area contributed by atoms with Gasteiger partial charge < -0.3 is 10.2 Å². The molecule has 1 fully saturated rings. The first kappa shape index (κ1) is 16.7. The van der Waals surface area contributed by atoms with Crippen LogP contribution in [0.25, 0.3) is 0 Å². The van der Waals surface area contributed by atoms with Crippen LogP contribution in [-0.2, 0) is 6.54 Å². The van der Waals surface area contributed by atoms with E-state index in [0.717, 1.165) is 13.1 Å². The molecule has 1 aromatic rings. The fourth-order valence-corrected chi connectivity index (χ4v) is 3.81. The van der Waals surface area contributed by atoms with Crippen molar-refractivity contribution in [2.24, 2.45) is 0 Å². The summed E-state index contributed by atoms with van der Waals surface area (Å²) in [7, 11) is 0. The van der Waals surface area contributed by atoms with Crippen LogP contribution in [0, 0.1) is 6.92 Å². The Morgan fingerprint density at radius 1 is 1.29 bits per heavy atom. The van der Waals surface area contributed by atoms with Gasteiger partial charge in [0.1, 0.15) is 0 Å². The molecular formula is C18H30N2S. The van der Waals surface area contributed by atoms with E-state index in [4.69, 9.17) is 0 Å². The Labute approximate surface area is 134 Å². The Kier molecular flexibility index (Phi) is 5.26. The van der Waals surface area contributed by atoms with Gasteiger partial charge in [-0.15, -0.1) is 0 Å². The first-order valence-corrected chi connectivity index (χ1v) is 9.05. The summed E-state index contributed by atoms with van der Waals surface area (Å²) in [5.74, 6) is 1.23. The van der Waals surface area contributed by atoms with E-state index in [1.807, 2.05) is 0 Å². The molecule has 1 aliphatic rings. The van der Waals surface area contributed by atoms with Crippen molar-refractivity contribution < 1.29 is 0 Å². The number of anilines is 1. The second-order valence-corrected chi connectivity index (χ2v) is 8.71. The van der Waals surface area contributed by atoms with Gasteiger partial charge in [0.15, 0.2) is 0 Å². The van der Waals surface area contributed by atoms with Crippen LogP contribution in [0.5, 0.6) is 0 Å². The molecule has 1 saturated heterocycles. The summed E-state index contributed by atoms with van der Waals surface area (Å²) >= 11 is 2.09. The van der Waals surface area contributed by atoms with Crippen LogP contribution in [0.3, 0.4) is 0 Å². The molecule has 0 aliphatic carbocycles. The first-order valence-electron chi connectivity index (χ1n) is 8.01. The van der Waals surface area contributed by atoms with Gasteiger partial charge in [-0.25, -0.2) is 0 Å². The average molecular weight is 307 g/mol. The van der Waals surface area contributed by atoms with Gasteiger partial charge in [0.25, 0.3) is 0 Å². The average Bonchev–Trinajstić information content (AvgIpc) is 2.39. The van der Waals surface area contributed by atoms with Crippen molar-refractivity contribution in [3.05, 3.63) is 29.3 Å². The number of hydrogen-bond acceptors (Lipinski definition) is 3. The maximum absolute atomic E-state index is 3.58. The molecule has 0 radical (unpaired) electrons. The highest BCUT2D eigenvalue weighted by molar-refractivity contribution is 8.00. The van der Waals surface area contributed by atoms with Gasteiger partial charge in [0.05, 0.1) is 0 Å². The Bertz CT molecular complexity index is 479. The van der Waals surface area contributed by atoms with E-state index >= 15 is 0 Å². The van der Waals surface area contributed by atoms with Crippen molar-refractivity contribution in [1.29, 1.82) is 0 Å². The Morgan fingerprint density at radius 2 is 2.00 bits per heavy atom. The summed E-state index contributed by atoms with van der Waals surface area (Å²) in [6, 6.07) is 7.56. The Hall–Kier alpha value is -0.670. The molecule has 2 unspecified atom stereocenters. The van der Waals surface area contributed by atoms with Crippen molar-refractivity contribution in [3.8, 4) is 0 Å². The fraction of sp³-hybridized carbons (Fsp3) is 0.667. The summed E-state index contributed by atoms with van der Waals surface area (Å²) < 4.78 is 0. The van der Waals surface area contributed by atoms with E-state index in [0.29, 0.717) is 11.3 Å². The zero-order valence-corrected chi connectivity index (χ0v) is 15.2. The summed E-state index contributed by atoms with van der Waals surface area (Å²) in [6.07, 6.45) is 0. The molecule has 0 aromatic heterocycles. The molecule has 2 rings (SSSR count). The minimum absolute atomic E-state index is 0.166. The molecule has 1 heterocycles. The van der Waals surface area contributed by atoms with Crippen LogP contribution < -0.4 is 10.2 Å². The highest BCUT2D eigenvalue weighted by Gasteiger charge is 2.25. The molecule has 1 aliphatic heterocycles. The van der Waals surface area contributed by atoms with Crippen LogP contribution in [0.2, 0.25) is 0 Å². The molecule has 21 heavy (non-hydrogen) atoms. The van der Waals surface area contributed by atoms with Crippen molar-refractivity contribution in [2.45, 2.75) is 64.9 Å². The lowest BCUT2D eigenvalue weighted by Crippen LogP contribution is -2.44. The topological polar surface area (TPSA) is 15.3 Å². The van der Waals surface area contributed by atoms with E-state index < -0.39 is 0 Å². The van der Waals surface area contributed by atoms with Crippen molar-refractivity contribution in [1.82, 2.24) is 5.32 Å². The maximum Gasteiger partial charge on any atom is 0.0378 e. The second-order valence-electron chi connectivity index (χ2n) is 7.22. The molecule has 0 saturated carbocycles.